The Kier molecular flexibility index (Phi) is 6.91. The minimum Gasteiger partial charge on any atom is -0.464 e. The summed E-state index contributed by atoms with van der Waals surface area (Å²) in [5, 5.41) is 15.2. The van der Waals surface area contributed by atoms with Crippen molar-refractivity contribution in [3.63, 3.8) is 0 Å². The van der Waals surface area contributed by atoms with Crippen LogP contribution in [0.1, 0.15) is 64.8 Å². The minimum absolute atomic E-state index is 0.0746. The average molecular weight is 479 g/mol. The number of hydrazone groups is 1. The van der Waals surface area contributed by atoms with Crippen LogP contribution in [0.25, 0.3) is 10.2 Å². The fourth-order valence-corrected chi connectivity index (χ4v) is 5.09. The molecule has 0 aromatic carbocycles. The molecule has 1 N–H and O–H groups in total. The molecule has 1 amide bonds. The van der Waals surface area contributed by atoms with Crippen LogP contribution in [-0.2, 0) is 17.8 Å². The third-order valence-corrected chi connectivity index (χ3v) is 6.73. The van der Waals surface area contributed by atoms with Crippen molar-refractivity contribution in [2.75, 3.05) is 6.61 Å². The van der Waals surface area contributed by atoms with Gasteiger partial charge in [0.05, 0.1) is 34.7 Å². The zero-order chi connectivity index (χ0) is 24.7. The first-order chi connectivity index (χ1) is 15.2. The van der Waals surface area contributed by atoms with Gasteiger partial charge >= 0.3 is 11.8 Å². The molecule has 10 heteroatoms. The van der Waals surface area contributed by atoms with E-state index in [2.05, 4.69) is 5.10 Å². The Hall–Kier alpha value is -2.46. The third kappa shape index (κ3) is 5.38. The van der Waals surface area contributed by atoms with Gasteiger partial charge in [-0.2, -0.15) is 10.1 Å². The van der Waals surface area contributed by atoms with Crippen LogP contribution in [-0.4, -0.2) is 49.8 Å². The third-order valence-electron chi connectivity index (χ3n) is 5.48. The van der Waals surface area contributed by atoms with E-state index in [1.54, 1.807) is 25.3 Å². The smallest absolute Gasteiger partial charge is 0.428 e. The van der Waals surface area contributed by atoms with Crippen LogP contribution >= 0.6 is 11.3 Å². The molecule has 1 atom stereocenters. The van der Waals surface area contributed by atoms with Crippen LogP contribution in [0.15, 0.2) is 14.7 Å². The van der Waals surface area contributed by atoms with E-state index in [-0.39, 0.29) is 22.8 Å². The molecule has 0 aliphatic carbocycles. The molecule has 1 fully saturated rings. The van der Waals surface area contributed by atoms with E-state index in [0.717, 1.165) is 17.9 Å². The summed E-state index contributed by atoms with van der Waals surface area (Å²) in [5.41, 5.74) is -0.973. The Labute approximate surface area is 197 Å². The molecular weight excluding hydrogens is 444 g/mol. The topological polar surface area (TPSA) is 106 Å². The number of aromatic nitrogens is 2. The number of rotatable bonds is 5. The molecule has 1 saturated heterocycles. The van der Waals surface area contributed by atoms with Crippen LogP contribution in [0, 0.1) is 12.3 Å². The number of carboxylic acid groups (broad SMARTS) is 1. The molecule has 3 rings (SSSR count). The van der Waals surface area contributed by atoms with Crippen molar-refractivity contribution in [3.05, 3.63) is 31.3 Å². The summed E-state index contributed by atoms with van der Waals surface area (Å²) in [4.78, 5) is 39.7. The summed E-state index contributed by atoms with van der Waals surface area (Å²) in [7, 11) is 0. The molecule has 2 aromatic heterocycles. The van der Waals surface area contributed by atoms with Crippen molar-refractivity contribution in [1.29, 1.82) is 0 Å². The predicted molar refractivity (Wildman–Crippen MR) is 131 cm³/mol. The fraction of sp³-hybridized carbons (Fsp3) is 0.652. The van der Waals surface area contributed by atoms with Gasteiger partial charge in [-0.15, -0.1) is 11.3 Å². The standard InChI is InChI=1S/C23H34N4O5S/c1-14-16(11-24-27(21(30)31)23(5,6)7)33-19-17(14)18(28)26(13-22(2,3)4)20(29)25(19)12-15-9-8-10-32-15/h11,15H,8-10,12-13H2,1-7H3,(H,30,31)/b24-11+. The second-order valence-corrected chi connectivity index (χ2v) is 11.8. The van der Waals surface area contributed by atoms with Gasteiger partial charge in [0.15, 0.2) is 0 Å². The maximum Gasteiger partial charge on any atom is 0.428 e. The first-order valence-corrected chi connectivity index (χ1v) is 12.0. The van der Waals surface area contributed by atoms with Gasteiger partial charge in [0, 0.05) is 13.2 Å². The van der Waals surface area contributed by atoms with E-state index >= 15 is 0 Å². The largest absolute Gasteiger partial charge is 0.464 e. The monoisotopic (exact) mass is 478 g/mol. The van der Waals surface area contributed by atoms with Gasteiger partial charge < -0.3 is 9.84 Å². The number of hydrogen-bond acceptors (Lipinski definition) is 6. The van der Waals surface area contributed by atoms with Gasteiger partial charge in [0.2, 0.25) is 0 Å². The van der Waals surface area contributed by atoms with Gasteiger partial charge in [-0.3, -0.25) is 13.9 Å². The Morgan fingerprint density at radius 3 is 2.42 bits per heavy atom. The summed E-state index contributed by atoms with van der Waals surface area (Å²) in [6, 6.07) is 0. The van der Waals surface area contributed by atoms with Crippen molar-refractivity contribution < 1.29 is 14.6 Å². The zero-order valence-electron chi connectivity index (χ0n) is 20.5. The number of hydrogen-bond donors (Lipinski definition) is 1. The van der Waals surface area contributed by atoms with Crippen LogP contribution in [0.4, 0.5) is 4.79 Å². The maximum atomic E-state index is 13.4. The summed E-state index contributed by atoms with van der Waals surface area (Å²) in [5.74, 6) is 0. The van der Waals surface area contributed by atoms with E-state index < -0.39 is 11.6 Å². The zero-order valence-corrected chi connectivity index (χ0v) is 21.3. The lowest BCUT2D eigenvalue weighted by molar-refractivity contribution is 0.0964. The van der Waals surface area contributed by atoms with Crippen molar-refractivity contribution in [3.8, 4) is 0 Å². The summed E-state index contributed by atoms with van der Waals surface area (Å²) >= 11 is 1.28. The SMILES string of the molecule is Cc1c(/C=N/N(C(=O)O)C(C)(C)C)sc2c1c(=O)n(CC(C)(C)C)c(=O)n2CC1CCCO1. The first-order valence-electron chi connectivity index (χ1n) is 11.2. The molecule has 1 aliphatic heterocycles. The molecule has 0 saturated carbocycles. The molecule has 9 nitrogen and oxygen atoms in total. The van der Waals surface area contributed by atoms with Crippen molar-refractivity contribution >= 4 is 33.9 Å². The van der Waals surface area contributed by atoms with Gasteiger partial charge in [-0.05, 0) is 51.5 Å². The van der Waals surface area contributed by atoms with Crippen LogP contribution in [0.3, 0.4) is 0 Å². The van der Waals surface area contributed by atoms with Crippen LogP contribution < -0.4 is 11.2 Å². The second-order valence-electron chi connectivity index (χ2n) is 10.8. The first kappa shape index (κ1) is 25.2. The number of ether oxygens (including phenoxy) is 1. The van der Waals surface area contributed by atoms with Crippen LogP contribution in [0.5, 0.6) is 0 Å². The average Bonchev–Trinajstić information content (AvgIpc) is 3.28. The lowest BCUT2D eigenvalue weighted by atomic mass is 9.97. The number of amides is 1. The second kappa shape index (κ2) is 9.06. The number of carbonyl (C=O) groups is 1. The highest BCUT2D eigenvalue weighted by Gasteiger charge is 2.27. The summed E-state index contributed by atoms with van der Waals surface area (Å²) in [6.07, 6.45) is 2.04. The molecule has 1 unspecified atom stereocenters. The molecule has 33 heavy (non-hydrogen) atoms. The number of thiophene rings is 1. The Balaban J connectivity index is 2.21. The predicted octanol–water partition coefficient (Wildman–Crippen LogP) is 3.87. The maximum absolute atomic E-state index is 13.4. The van der Waals surface area contributed by atoms with E-state index in [9.17, 15) is 19.5 Å². The molecule has 1 aliphatic rings. The molecule has 0 bridgehead atoms. The fourth-order valence-electron chi connectivity index (χ4n) is 3.92. The number of fused-ring (bicyclic) bond motifs is 1. The van der Waals surface area contributed by atoms with Gasteiger partial charge in [0.25, 0.3) is 5.56 Å². The molecule has 0 spiro atoms. The van der Waals surface area contributed by atoms with Gasteiger partial charge in [-0.25, -0.2) is 9.59 Å². The normalized spacial score (nSPS) is 17.4. The van der Waals surface area contributed by atoms with Crippen molar-refractivity contribution in [2.45, 2.75) is 86.0 Å². The van der Waals surface area contributed by atoms with Crippen LogP contribution in [0.2, 0.25) is 0 Å². The minimum atomic E-state index is -1.17. The molecule has 2 aromatic rings. The molecular formula is C23H34N4O5S. The van der Waals surface area contributed by atoms with E-state index in [4.69, 9.17) is 4.74 Å². The van der Waals surface area contributed by atoms with Crippen molar-refractivity contribution in [1.82, 2.24) is 14.1 Å². The highest BCUT2D eigenvalue weighted by molar-refractivity contribution is 7.20. The number of nitrogens with zero attached hydrogens (tertiary/aromatic N) is 4. The van der Waals surface area contributed by atoms with E-state index in [1.807, 2.05) is 27.7 Å². The quantitative estimate of drug-likeness (QED) is 0.519. The van der Waals surface area contributed by atoms with Crippen molar-refractivity contribution in [2.24, 2.45) is 10.5 Å². The highest BCUT2D eigenvalue weighted by atomic mass is 32.1. The Bertz CT molecular complexity index is 1190. The molecule has 182 valence electrons. The van der Waals surface area contributed by atoms with Gasteiger partial charge in [-0.1, -0.05) is 20.8 Å². The lowest BCUT2D eigenvalue weighted by Gasteiger charge is -2.27. The summed E-state index contributed by atoms with van der Waals surface area (Å²) < 4.78 is 8.73. The lowest BCUT2D eigenvalue weighted by Crippen LogP contribution is -2.43. The van der Waals surface area contributed by atoms with Gasteiger partial charge in [0.1, 0.15) is 4.83 Å². The van der Waals surface area contributed by atoms with E-state index in [1.165, 1.54) is 22.1 Å². The molecule has 3 heterocycles. The molecule has 0 radical (unpaired) electrons. The van der Waals surface area contributed by atoms with E-state index in [0.29, 0.717) is 40.4 Å². The Morgan fingerprint density at radius 2 is 1.91 bits per heavy atom. The summed E-state index contributed by atoms with van der Waals surface area (Å²) in [6.45, 7) is 14.4. The number of aryl methyl sites for hydroxylation is 1. The Morgan fingerprint density at radius 1 is 1.24 bits per heavy atom. The highest BCUT2D eigenvalue weighted by Crippen LogP contribution is 2.28.